The van der Waals surface area contributed by atoms with Gasteiger partial charge < -0.3 is 15.5 Å². The highest BCUT2D eigenvalue weighted by atomic mass is 16.6. The molecule has 0 aromatic heterocycles. The summed E-state index contributed by atoms with van der Waals surface area (Å²) >= 11 is 0. The molecule has 104 valence electrons. The molecule has 0 radical (unpaired) electrons. The van der Waals surface area contributed by atoms with Crippen molar-refractivity contribution in [3.63, 3.8) is 0 Å². The number of carbonyl (C=O) groups is 3. The molecule has 0 aliphatic carbocycles. The number of amides is 1. The molecule has 0 atom stereocenters. The van der Waals surface area contributed by atoms with Crippen LogP contribution in [0.3, 0.4) is 0 Å². The number of Topliss-reactive ketones (excluding diaryl/α,β-unsaturated/α-hetero) is 2. The number of nitrogens with one attached hydrogen (secondary N) is 2. The van der Waals surface area contributed by atoms with E-state index in [2.05, 4.69) is 15.5 Å². The number of ketones is 2. The Morgan fingerprint density at radius 2 is 1.72 bits per heavy atom. The van der Waals surface area contributed by atoms with E-state index < -0.39 is 0 Å². The average molecular weight is 259 g/mol. The van der Waals surface area contributed by atoms with Gasteiger partial charge in [-0.1, -0.05) is 0 Å². The Balaban J connectivity index is 3.57. The van der Waals surface area contributed by atoms with E-state index in [0.717, 1.165) is 0 Å². The van der Waals surface area contributed by atoms with E-state index in [-0.39, 0.29) is 43.4 Å². The van der Waals surface area contributed by atoms with Gasteiger partial charge in [0.15, 0.2) is 5.78 Å². The predicted octanol–water partition coefficient (Wildman–Crippen LogP) is -1.09. The fourth-order valence-corrected chi connectivity index (χ4v) is 1.27. The van der Waals surface area contributed by atoms with Crippen LogP contribution in [0.4, 0.5) is 0 Å². The number of hydrogen-bond donors (Lipinski definition) is 3. The summed E-state index contributed by atoms with van der Waals surface area (Å²) in [6.07, 6.45) is 1.14. The SMILES string of the molecule is CNCC(=O)CCC(=O)NCC(=O)CCCON. The lowest BCUT2D eigenvalue weighted by molar-refractivity contribution is -0.127. The first-order chi connectivity index (χ1) is 8.60. The Morgan fingerprint density at radius 1 is 1.06 bits per heavy atom. The minimum atomic E-state index is -0.289. The van der Waals surface area contributed by atoms with Crippen molar-refractivity contribution in [3.05, 3.63) is 0 Å². The summed E-state index contributed by atoms with van der Waals surface area (Å²) in [4.78, 5) is 38.0. The summed E-state index contributed by atoms with van der Waals surface area (Å²) in [7, 11) is 1.67. The lowest BCUT2D eigenvalue weighted by Crippen LogP contribution is -2.30. The molecule has 0 saturated carbocycles. The third-order valence-corrected chi connectivity index (χ3v) is 2.21. The molecule has 0 heterocycles. The van der Waals surface area contributed by atoms with Crippen molar-refractivity contribution >= 4 is 17.5 Å². The van der Waals surface area contributed by atoms with E-state index in [1.165, 1.54) is 0 Å². The van der Waals surface area contributed by atoms with Crippen LogP contribution in [0.1, 0.15) is 25.7 Å². The largest absolute Gasteiger partial charge is 0.349 e. The second-order valence-electron chi connectivity index (χ2n) is 3.86. The molecule has 0 aliphatic heterocycles. The summed E-state index contributed by atoms with van der Waals surface area (Å²) in [6, 6.07) is 0. The molecule has 0 bridgehead atoms. The fraction of sp³-hybridized carbons (Fsp3) is 0.727. The summed E-state index contributed by atoms with van der Waals surface area (Å²) in [6.45, 7) is 0.563. The highest BCUT2D eigenvalue weighted by Gasteiger charge is 2.08. The van der Waals surface area contributed by atoms with Crippen molar-refractivity contribution in [1.29, 1.82) is 0 Å². The van der Waals surface area contributed by atoms with Crippen LogP contribution in [0.5, 0.6) is 0 Å². The molecule has 1 amide bonds. The number of nitrogens with two attached hydrogens (primary N) is 1. The maximum absolute atomic E-state index is 11.3. The van der Waals surface area contributed by atoms with Gasteiger partial charge in [0.05, 0.1) is 19.7 Å². The number of carbonyl (C=O) groups excluding carboxylic acids is 3. The second-order valence-corrected chi connectivity index (χ2v) is 3.86. The second kappa shape index (κ2) is 10.8. The van der Waals surface area contributed by atoms with Crippen LogP contribution in [0, 0.1) is 0 Å². The van der Waals surface area contributed by atoms with Crippen LogP contribution in [0.15, 0.2) is 0 Å². The fourth-order valence-electron chi connectivity index (χ4n) is 1.27. The normalized spacial score (nSPS) is 10.1. The Hall–Kier alpha value is -1.31. The molecule has 0 saturated heterocycles. The molecule has 7 heteroatoms. The van der Waals surface area contributed by atoms with E-state index in [1.54, 1.807) is 7.05 Å². The zero-order valence-corrected chi connectivity index (χ0v) is 10.7. The first-order valence-electron chi connectivity index (χ1n) is 5.86. The van der Waals surface area contributed by atoms with Crippen LogP contribution in [0.2, 0.25) is 0 Å². The minimum absolute atomic E-state index is 0.0103. The molecule has 0 unspecified atom stereocenters. The number of rotatable bonds is 11. The predicted molar refractivity (Wildman–Crippen MR) is 65.6 cm³/mol. The maximum atomic E-state index is 11.3. The standard InChI is InChI=1S/C11H21N3O4/c1-13-7-10(16)4-5-11(17)14-8-9(15)3-2-6-18-12/h13H,2-8,12H2,1H3,(H,14,17). The van der Waals surface area contributed by atoms with E-state index in [0.29, 0.717) is 19.4 Å². The van der Waals surface area contributed by atoms with Crippen molar-refractivity contribution in [2.75, 3.05) is 26.7 Å². The molecule has 0 aliphatic rings. The van der Waals surface area contributed by atoms with Crippen LogP contribution < -0.4 is 16.5 Å². The zero-order valence-electron chi connectivity index (χ0n) is 10.7. The first-order valence-corrected chi connectivity index (χ1v) is 5.86. The van der Waals surface area contributed by atoms with Gasteiger partial charge in [-0.2, -0.15) is 0 Å². The zero-order chi connectivity index (χ0) is 13.8. The van der Waals surface area contributed by atoms with Gasteiger partial charge in [-0.05, 0) is 13.5 Å². The monoisotopic (exact) mass is 259 g/mol. The van der Waals surface area contributed by atoms with Crippen molar-refractivity contribution in [2.24, 2.45) is 5.90 Å². The molecule has 0 aromatic carbocycles. The quantitative estimate of drug-likeness (QED) is 0.321. The molecule has 0 spiro atoms. The van der Waals surface area contributed by atoms with Gasteiger partial charge in [-0.3, -0.25) is 14.4 Å². The Labute approximate surface area is 106 Å². The minimum Gasteiger partial charge on any atom is -0.349 e. The maximum Gasteiger partial charge on any atom is 0.220 e. The van der Waals surface area contributed by atoms with E-state index in [4.69, 9.17) is 5.90 Å². The topological polar surface area (TPSA) is 111 Å². The molecule has 18 heavy (non-hydrogen) atoms. The molecule has 0 aromatic rings. The Morgan fingerprint density at radius 3 is 2.33 bits per heavy atom. The van der Waals surface area contributed by atoms with Crippen LogP contribution in [-0.2, 0) is 19.2 Å². The number of hydrogen-bond acceptors (Lipinski definition) is 6. The highest BCUT2D eigenvalue weighted by molar-refractivity contribution is 5.89. The van der Waals surface area contributed by atoms with E-state index in [1.807, 2.05) is 0 Å². The van der Waals surface area contributed by atoms with E-state index >= 15 is 0 Å². The summed E-state index contributed by atoms with van der Waals surface area (Å²) in [5.41, 5.74) is 0. The summed E-state index contributed by atoms with van der Waals surface area (Å²) in [5.74, 6) is 4.41. The van der Waals surface area contributed by atoms with Crippen molar-refractivity contribution in [2.45, 2.75) is 25.7 Å². The lowest BCUT2D eigenvalue weighted by Gasteiger charge is -2.04. The van der Waals surface area contributed by atoms with Gasteiger partial charge in [0.1, 0.15) is 5.78 Å². The molecule has 4 N–H and O–H groups in total. The van der Waals surface area contributed by atoms with Crippen molar-refractivity contribution in [1.82, 2.24) is 10.6 Å². The summed E-state index contributed by atoms with van der Waals surface area (Å²) in [5, 5.41) is 5.19. The molecular formula is C11H21N3O4. The molecular weight excluding hydrogens is 238 g/mol. The van der Waals surface area contributed by atoms with Gasteiger partial charge in [0.25, 0.3) is 0 Å². The summed E-state index contributed by atoms with van der Waals surface area (Å²) < 4.78 is 0. The van der Waals surface area contributed by atoms with Crippen LogP contribution >= 0.6 is 0 Å². The molecule has 7 nitrogen and oxygen atoms in total. The van der Waals surface area contributed by atoms with Gasteiger partial charge in [-0.25, -0.2) is 5.90 Å². The molecule has 0 rings (SSSR count). The van der Waals surface area contributed by atoms with Crippen molar-refractivity contribution in [3.8, 4) is 0 Å². The third-order valence-electron chi connectivity index (χ3n) is 2.21. The van der Waals surface area contributed by atoms with Gasteiger partial charge in [-0.15, -0.1) is 0 Å². The molecule has 0 fully saturated rings. The van der Waals surface area contributed by atoms with E-state index in [9.17, 15) is 14.4 Å². The van der Waals surface area contributed by atoms with Gasteiger partial charge in [0, 0.05) is 19.3 Å². The average Bonchev–Trinajstić information content (AvgIpc) is 2.34. The van der Waals surface area contributed by atoms with Crippen LogP contribution in [0.25, 0.3) is 0 Å². The lowest BCUT2D eigenvalue weighted by atomic mass is 10.2. The Kier molecular flexibility index (Phi) is 10.0. The van der Waals surface area contributed by atoms with Gasteiger partial charge >= 0.3 is 0 Å². The third kappa shape index (κ3) is 9.88. The van der Waals surface area contributed by atoms with Gasteiger partial charge in [0.2, 0.25) is 5.91 Å². The Bertz CT molecular complexity index is 281. The van der Waals surface area contributed by atoms with Crippen LogP contribution in [-0.4, -0.2) is 44.2 Å². The highest BCUT2D eigenvalue weighted by Crippen LogP contribution is 1.92. The first kappa shape index (κ1) is 16.7. The number of likely N-dealkylation sites (N-methyl/N-ethyl adjacent to an activating group) is 1. The smallest absolute Gasteiger partial charge is 0.220 e. The van der Waals surface area contributed by atoms with Crippen molar-refractivity contribution < 1.29 is 19.2 Å².